The minimum atomic E-state index is -1.38. The van der Waals surface area contributed by atoms with Gasteiger partial charge in [-0.15, -0.1) is 0 Å². The van der Waals surface area contributed by atoms with Crippen LogP contribution in [0.15, 0.2) is 48.5 Å². The fraction of sp³-hybridized carbons (Fsp3) is 0.211. The van der Waals surface area contributed by atoms with Crippen molar-refractivity contribution in [1.82, 2.24) is 10.2 Å². The van der Waals surface area contributed by atoms with Gasteiger partial charge in [0.15, 0.2) is 17.5 Å². The van der Waals surface area contributed by atoms with E-state index in [2.05, 4.69) is 5.32 Å². The molecular formula is C19H20N2O7. The number of nitrogens with one attached hydrogen (secondary N) is 1. The summed E-state index contributed by atoms with van der Waals surface area (Å²) in [5.41, 5.74) is 0.232. The number of rotatable bonds is 7. The van der Waals surface area contributed by atoms with Gasteiger partial charge in [-0.2, -0.15) is 0 Å². The van der Waals surface area contributed by atoms with Gasteiger partial charge in [0.05, 0.1) is 0 Å². The second-order valence-electron chi connectivity index (χ2n) is 5.87. The van der Waals surface area contributed by atoms with Crippen LogP contribution in [-0.4, -0.2) is 56.4 Å². The number of benzene rings is 2. The molecule has 148 valence electrons. The second-order valence-corrected chi connectivity index (χ2v) is 5.87. The van der Waals surface area contributed by atoms with Crippen molar-refractivity contribution in [3.8, 4) is 11.5 Å². The largest absolute Gasteiger partial charge is 0.504 e. The van der Waals surface area contributed by atoms with Crippen LogP contribution in [0, 0.1) is 0 Å². The molecule has 0 fully saturated rings. The SMILES string of the molecule is O=C(O)C(NC(=O)N(CCCO)C(=O)c1ccc(O)c(O)c1)c1ccccc1. The highest BCUT2D eigenvalue weighted by Gasteiger charge is 2.28. The number of phenols is 2. The number of nitrogens with zero attached hydrogens (tertiary/aromatic N) is 1. The third-order valence-electron chi connectivity index (χ3n) is 3.90. The molecule has 0 aliphatic heterocycles. The minimum Gasteiger partial charge on any atom is -0.504 e. The summed E-state index contributed by atoms with van der Waals surface area (Å²) >= 11 is 0. The number of phenolic OH excluding ortho intramolecular Hbond substituents is 2. The summed E-state index contributed by atoms with van der Waals surface area (Å²) < 4.78 is 0. The number of carbonyl (C=O) groups is 3. The van der Waals surface area contributed by atoms with Crippen LogP contribution in [0.4, 0.5) is 4.79 Å². The lowest BCUT2D eigenvalue weighted by Gasteiger charge is -2.24. The Labute approximate surface area is 160 Å². The van der Waals surface area contributed by atoms with Crippen molar-refractivity contribution in [1.29, 1.82) is 0 Å². The smallest absolute Gasteiger partial charge is 0.330 e. The summed E-state index contributed by atoms with van der Waals surface area (Å²) in [5.74, 6) is -3.10. The molecule has 2 aromatic rings. The maximum atomic E-state index is 12.7. The maximum absolute atomic E-state index is 12.7. The zero-order chi connectivity index (χ0) is 20.7. The number of amides is 3. The van der Waals surface area contributed by atoms with Crippen LogP contribution in [0.3, 0.4) is 0 Å². The first-order chi connectivity index (χ1) is 13.3. The molecule has 0 spiro atoms. The Morgan fingerprint density at radius 3 is 2.25 bits per heavy atom. The minimum absolute atomic E-state index is 0.0757. The molecule has 0 saturated heterocycles. The molecule has 28 heavy (non-hydrogen) atoms. The van der Waals surface area contributed by atoms with E-state index in [-0.39, 0.29) is 25.1 Å². The van der Waals surface area contributed by atoms with E-state index in [1.807, 2.05) is 0 Å². The van der Waals surface area contributed by atoms with Crippen molar-refractivity contribution in [3.05, 3.63) is 59.7 Å². The van der Waals surface area contributed by atoms with E-state index < -0.39 is 35.4 Å². The van der Waals surface area contributed by atoms with Crippen LogP contribution in [-0.2, 0) is 4.79 Å². The predicted molar refractivity (Wildman–Crippen MR) is 97.9 cm³/mol. The van der Waals surface area contributed by atoms with E-state index >= 15 is 0 Å². The molecule has 0 aliphatic carbocycles. The van der Waals surface area contributed by atoms with Gasteiger partial charge in [0.25, 0.3) is 5.91 Å². The molecule has 1 unspecified atom stereocenters. The average molecular weight is 388 g/mol. The Morgan fingerprint density at radius 1 is 1.00 bits per heavy atom. The van der Waals surface area contributed by atoms with Crippen LogP contribution in [0.5, 0.6) is 11.5 Å². The molecule has 0 radical (unpaired) electrons. The van der Waals surface area contributed by atoms with E-state index in [9.17, 15) is 29.7 Å². The number of imide groups is 1. The molecule has 0 saturated carbocycles. The first-order valence-electron chi connectivity index (χ1n) is 8.38. The van der Waals surface area contributed by atoms with Gasteiger partial charge in [0.2, 0.25) is 0 Å². The Kier molecular flexibility index (Phi) is 6.94. The first kappa shape index (κ1) is 20.7. The van der Waals surface area contributed by atoms with Gasteiger partial charge in [-0.1, -0.05) is 30.3 Å². The Morgan fingerprint density at radius 2 is 1.68 bits per heavy atom. The molecule has 0 aromatic heterocycles. The topological polar surface area (TPSA) is 147 Å². The van der Waals surface area contributed by atoms with E-state index in [1.54, 1.807) is 18.2 Å². The summed E-state index contributed by atoms with van der Waals surface area (Å²) in [5, 5.41) is 39.7. The molecule has 5 N–H and O–H groups in total. The number of carboxylic acid groups (broad SMARTS) is 1. The van der Waals surface area contributed by atoms with E-state index in [0.717, 1.165) is 17.0 Å². The molecular weight excluding hydrogens is 368 g/mol. The number of aliphatic hydroxyl groups excluding tert-OH is 1. The van der Waals surface area contributed by atoms with Crippen LogP contribution in [0.1, 0.15) is 28.4 Å². The van der Waals surface area contributed by atoms with Crippen molar-refractivity contribution in [3.63, 3.8) is 0 Å². The Bertz CT molecular complexity index is 855. The zero-order valence-corrected chi connectivity index (χ0v) is 14.8. The van der Waals surface area contributed by atoms with Gasteiger partial charge in [0.1, 0.15) is 0 Å². The normalized spacial score (nSPS) is 11.5. The average Bonchev–Trinajstić information content (AvgIpc) is 2.68. The number of aromatic hydroxyl groups is 2. The number of carboxylic acids is 1. The van der Waals surface area contributed by atoms with Crippen molar-refractivity contribution in [2.45, 2.75) is 12.5 Å². The Balaban J connectivity index is 2.27. The first-order valence-corrected chi connectivity index (χ1v) is 8.38. The van der Waals surface area contributed by atoms with Crippen LogP contribution >= 0.6 is 0 Å². The fourth-order valence-corrected chi connectivity index (χ4v) is 2.47. The summed E-state index contributed by atoms with van der Waals surface area (Å²) in [4.78, 5) is 37.6. The fourth-order valence-electron chi connectivity index (χ4n) is 2.47. The highest BCUT2D eigenvalue weighted by Crippen LogP contribution is 2.25. The van der Waals surface area contributed by atoms with Gasteiger partial charge in [-0.25, -0.2) is 9.59 Å². The van der Waals surface area contributed by atoms with Crippen molar-refractivity contribution >= 4 is 17.9 Å². The highest BCUT2D eigenvalue weighted by atomic mass is 16.4. The number of hydrogen-bond acceptors (Lipinski definition) is 6. The lowest BCUT2D eigenvalue weighted by Crippen LogP contribution is -2.47. The number of aliphatic hydroxyl groups is 1. The summed E-state index contributed by atoms with van der Waals surface area (Å²) in [6.07, 6.45) is 0.0757. The van der Waals surface area contributed by atoms with Crippen molar-refractivity contribution in [2.24, 2.45) is 0 Å². The third-order valence-corrected chi connectivity index (χ3v) is 3.90. The second kappa shape index (κ2) is 9.38. The molecule has 2 rings (SSSR count). The summed E-state index contributed by atoms with van der Waals surface area (Å²) in [7, 11) is 0. The monoisotopic (exact) mass is 388 g/mol. The number of hydrogen-bond donors (Lipinski definition) is 5. The molecule has 3 amide bonds. The lowest BCUT2D eigenvalue weighted by atomic mass is 10.1. The van der Waals surface area contributed by atoms with Crippen LogP contribution in [0.25, 0.3) is 0 Å². The molecule has 0 bridgehead atoms. The maximum Gasteiger partial charge on any atom is 0.330 e. The van der Waals surface area contributed by atoms with Crippen LogP contribution < -0.4 is 5.32 Å². The van der Waals surface area contributed by atoms with Gasteiger partial charge >= 0.3 is 12.0 Å². The van der Waals surface area contributed by atoms with Gasteiger partial charge < -0.3 is 25.7 Å². The predicted octanol–water partition coefficient (Wildman–Crippen LogP) is 1.46. The highest BCUT2D eigenvalue weighted by molar-refractivity contribution is 6.05. The Hall–Kier alpha value is -3.59. The van der Waals surface area contributed by atoms with E-state index in [4.69, 9.17) is 5.11 Å². The van der Waals surface area contributed by atoms with Gasteiger partial charge in [-0.05, 0) is 30.2 Å². The van der Waals surface area contributed by atoms with Gasteiger partial charge in [-0.3, -0.25) is 9.69 Å². The van der Waals surface area contributed by atoms with E-state index in [1.165, 1.54) is 18.2 Å². The molecule has 9 heteroatoms. The van der Waals surface area contributed by atoms with Crippen molar-refractivity contribution in [2.75, 3.05) is 13.2 Å². The molecule has 0 heterocycles. The van der Waals surface area contributed by atoms with Gasteiger partial charge in [0, 0.05) is 18.7 Å². The quantitative estimate of drug-likeness (QED) is 0.451. The zero-order valence-electron chi connectivity index (χ0n) is 14.8. The molecule has 9 nitrogen and oxygen atoms in total. The summed E-state index contributed by atoms with van der Waals surface area (Å²) in [6.45, 7) is -0.469. The summed E-state index contributed by atoms with van der Waals surface area (Å²) in [6, 6.07) is 8.91. The van der Waals surface area contributed by atoms with Crippen LogP contribution in [0.2, 0.25) is 0 Å². The number of urea groups is 1. The van der Waals surface area contributed by atoms with Crippen molar-refractivity contribution < 1.29 is 34.8 Å². The lowest BCUT2D eigenvalue weighted by molar-refractivity contribution is -0.139. The third kappa shape index (κ3) is 4.98. The standard InChI is InChI=1S/C19H20N2O7/c22-10-4-9-21(17(25)13-7-8-14(23)15(24)11-13)19(28)20-16(18(26)27)12-5-2-1-3-6-12/h1-3,5-8,11,16,22-24H,4,9-10H2,(H,20,28)(H,26,27). The number of aliphatic carboxylic acids is 1. The molecule has 1 atom stereocenters. The number of carbonyl (C=O) groups excluding carboxylic acids is 2. The molecule has 2 aromatic carbocycles. The van der Waals surface area contributed by atoms with E-state index in [0.29, 0.717) is 5.56 Å². The molecule has 0 aliphatic rings.